The maximum atomic E-state index is 14.0. The third-order valence-corrected chi connectivity index (χ3v) is 4.15. The van der Waals surface area contributed by atoms with Crippen LogP contribution in [0.3, 0.4) is 0 Å². The van der Waals surface area contributed by atoms with E-state index in [9.17, 15) is 9.18 Å². The van der Waals surface area contributed by atoms with Crippen molar-refractivity contribution in [3.63, 3.8) is 0 Å². The van der Waals surface area contributed by atoms with Crippen LogP contribution in [0.25, 0.3) is 0 Å². The second kappa shape index (κ2) is 7.29. The monoisotopic (exact) mass is 342 g/mol. The van der Waals surface area contributed by atoms with Crippen molar-refractivity contribution in [2.45, 2.75) is 33.2 Å². The van der Waals surface area contributed by atoms with E-state index in [-0.39, 0.29) is 24.7 Å². The van der Waals surface area contributed by atoms with Gasteiger partial charge in [-0.05, 0) is 26.3 Å². The summed E-state index contributed by atoms with van der Waals surface area (Å²) in [6.07, 6.45) is 3.96. The van der Waals surface area contributed by atoms with Crippen molar-refractivity contribution in [2.24, 2.45) is 0 Å². The van der Waals surface area contributed by atoms with Crippen LogP contribution in [-0.4, -0.2) is 21.3 Å². The van der Waals surface area contributed by atoms with E-state index in [1.807, 2.05) is 13.8 Å². The smallest absolute Gasteiger partial charge is 0.227 e. The summed E-state index contributed by atoms with van der Waals surface area (Å²) in [6.45, 7) is 3.82. The quantitative estimate of drug-likeness (QED) is 0.746. The summed E-state index contributed by atoms with van der Waals surface area (Å²) in [5.41, 5.74) is 2.78. The molecule has 25 heavy (non-hydrogen) atoms. The number of hydrogen-bond donors (Lipinski definition) is 1. The first-order chi connectivity index (χ1) is 12.1. The normalized spacial score (nSPS) is 10.8. The first kappa shape index (κ1) is 16.9. The molecule has 6 nitrogen and oxygen atoms in total. The fourth-order valence-electron chi connectivity index (χ4n) is 2.74. The van der Waals surface area contributed by atoms with Crippen molar-refractivity contribution < 1.29 is 13.7 Å². The number of amides is 1. The van der Waals surface area contributed by atoms with Gasteiger partial charge in [-0.3, -0.25) is 9.89 Å². The number of aromatic amines is 1. The van der Waals surface area contributed by atoms with E-state index in [2.05, 4.69) is 15.4 Å². The van der Waals surface area contributed by atoms with Gasteiger partial charge in [0, 0.05) is 23.7 Å². The van der Waals surface area contributed by atoms with Gasteiger partial charge >= 0.3 is 0 Å². The van der Waals surface area contributed by atoms with E-state index in [0.29, 0.717) is 23.4 Å². The molecule has 130 valence electrons. The van der Waals surface area contributed by atoms with Crippen molar-refractivity contribution in [3.05, 3.63) is 65.1 Å². The summed E-state index contributed by atoms with van der Waals surface area (Å²) >= 11 is 0. The molecule has 0 fully saturated rings. The molecule has 7 heteroatoms. The molecular weight excluding hydrogens is 323 g/mol. The molecule has 0 saturated carbocycles. The Morgan fingerprint density at radius 2 is 2.12 bits per heavy atom. The standard InChI is InChI=1S/C18H19FN4O2/c1-12-16(13(2)25-22-12)7-8-18(24)23(15-9-20-21-10-15)11-14-5-3-4-6-17(14)19/h3-6,9-10H,7-8,11H2,1-2H3,(H,20,21). The zero-order valence-corrected chi connectivity index (χ0v) is 14.1. The van der Waals surface area contributed by atoms with Gasteiger partial charge in [0.1, 0.15) is 11.6 Å². The maximum absolute atomic E-state index is 14.0. The molecule has 0 unspecified atom stereocenters. The van der Waals surface area contributed by atoms with Crippen LogP contribution in [0, 0.1) is 19.7 Å². The molecule has 0 radical (unpaired) electrons. The van der Waals surface area contributed by atoms with Crippen LogP contribution in [-0.2, 0) is 17.8 Å². The van der Waals surface area contributed by atoms with Crippen molar-refractivity contribution in [1.82, 2.24) is 15.4 Å². The number of H-pyrrole nitrogens is 1. The minimum atomic E-state index is -0.338. The van der Waals surface area contributed by atoms with Gasteiger partial charge in [-0.2, -0.15) is 5.10 Å². The highest BCUT2D eigenvalue weighted by Crippen LogP contribution is 2.20. The van der Waals surface area contributed by atoms with Crippen LogP contribution in [0.5, 0.6) is 0 Å². The Balaban J connectivity index is 1.78. The van der Waals surface area contributed by atoms with Crippen LogP contribution >= 0.6 is 0 Å². The molecule has 0 aliphatic carbocycles. The van der Waals surface area contributed by atoms with Crippen LogP contribution in [0.1, 0.15) is 29.0 Å². The fraction of sp³-hybridized carbons (Fsp3) is 0.278. The number of nitrogens with one attached hydrogen (secondary N) is 1. The number of benzene rings is 1. The largest absolute Gasteiger partial charge is 0.361 e. The number of aryl methyl sites for hydroxylation is 2. The molecule has 1 amide bonds. The molecule has 0 bridgehead atoms. The van der Waals surface area contributed by atoms with Gasteiger partial charge in [-0.1, -0.05) is 23.4 Å². The first-order valence-electron chi connectivity index (χ1n) is 8.00. The molecule has 2 heterocycles. The van der Waals surface area contributed by atoms with Gasteiger partial charge in [-0.15, -0.1) is 0 Å². The van der Waals surface area contributed by atoms with Gasteiger partial charge < -0.3 is 9.42 Å². The molecule has 0 aliphatic rings. The summed E-state index contributed by atoms with van der Waals surface area (Å²) in [5, 5.41) is 10.5. The van der Waals surface area contributed by atoms with Crippen molar-refractivity contribution in [1.29, 1.82) is 0 Å². The number of hydrogen-bond acceptors (Lipinski definition) is 4. The number of rotatable bonds is 6. The number of carbonyl (C=O) groups excluding carboxylic acids is 1. The number of nitrogens with zero attached hydrogens (tertiary/aromatic N) is 3. The first-order valence-corrected chi connectivity index (χ1v) is 8.00. The summed E-state index contributed by atoms with van der Waals surface area (Å²) in [7, 11) is 0. The van der Waals surface area contributed by atoms with E-state index in [0.717, 1.165) is 11.3 Å². The van der Waals surface area contributed by atoms with Crippen molar-refractivity contribution >= 4 is 11.6 Å². The predicted molar refractivity (Wildman–Crippen MR) is 90.5 cm³/mol. The Morgan fingerprint density at radius 1 is 1.32 bits per heavy atom. The molecule has 0 aliphatic heterocycles. The van der Waals surface area contributed by atoms with E-state index < -0.39 is 0 Å². The van der Waals surface area contributed by atoms with Gasteiger partial charge in [0.2, 0.25) is 5.91 Å². The Hall–Kier alpha value is -2.96. The van der Waals surface area contributed by atoms with Crippen LogP contribution < -0.4 is 4.90 Å². The number of aromatic nitrogens is 3. The van der Waals surface area contributed by atoms with Crippen molar-refractivity contribution in [3.8, 4) is 0 Å². The third-order valence-electron chi connectivity index (χ3n) is 4.15. The lowest BCUT2D eigenvalue weighted by Crippen LogP contribution is -2.30. The molecule has 1 N–H and O–H groups in total. The number of halogens is 1. The molecule has 3 rings (SSSR count). The third kappa shape index (κ3) is 3.76. The van der Waals surface area contributed by atoms with Crippen LogP contribution in [0.15, 0.2) is 41.2 Å². The summed E-state index contributed by atoms with van der Waals surface area (Å²) < 4.78 is 19.1. The topological polar surface area (TPSA) is 75.0 Å². The van der Waals surface area contributed by atoms with Crippen LogP contribution in [0.4, 0.5) is 10.1 Å². The Morgan fingerprint density at radius 3 is 2.76 bits per heavy atom. The number of anilines is 1. The van der Waals surface area contributed by atoms with Crippen molar-refractivity contribution in [2.75, 3.05) is 4.90 Å². The summed E-state index contributed by atoms with van der Waals surface area (Å²) in [5.74, 6) is 0.258. The van der Waals surface area contributed by atoms with E-state index in [1.165, 1.54) is 11.0 Å². The highest BCUT2D eigenvalue weighted by Gasteiger charge is 2.20. The lowest BCUT2D eigenvalue weighted by Gasteiger charge is -2.21. The van der Waals surface area contributed by atoms with E-state index >= 15 is 0 Å². The Bertz CT molecular complexity index is 838. The fourth-order valence-corrected chi connectivity index (χ4v) is 2.74. The molecule has 3 aromatic rings. The maximum Gasteiger partial charge on any atom is 0.227 e. The average Bonchev–Trinajstić information content (AvgIpc) is 3.23. The van der Waals surface area contributed by atoms with E-state index in [4.69, 9.17) is 4.52 Å². The average molecular weight is 342 g/mol. The predicted octanol–water partition coefficient (Wildman–Crippen LogP) is 3.32. The second-order valence-corrected chi connectivity index (χ2v) is 5.83. The van der Waals surface area contributed by atoms with Gasteiger partial charge in [0.05, 0.1) is 24.1 Å². The minimum absolute atomic E-state index is 0.121. The summed E-state index contributed by atoms with van der Waals surface area (Å²) in [4.78, 5) is 14.3. The highest BCUT2D eigenvalue weighted by molar-refractivity contribution is 5.93. The van der Waals surface area contributed by atoms with E-state index in [1.54, 1.807) is 30.6 Å². The highest BCUT2D eigenvalue weighted by atomic mass is 19.1. The van der Waals surface area contributed by atoms with Gasteiger partial charge in [-0.25, -0.2) is 4.39 Å². The summed E-state index contributed by atoms with van der Waals surface area (Å²) in [6, 6.07) is 6.43. The molecule has 0 saturated heterocycles. The zero-order chi connectivity index (χ0) is 17.8. The molecule has 1 aromatic carbocycles. The molecular formula is C18H19FN4O2. The zero-order valence-electron chi connectivity index (χ0n) is 14.1. The lowest BCUT2D eigenvalue weighted by molar-refractivity contribution is -0.118. The van der Waals surface area contributed by atoms with Crippen LogP contribution in [0.2, 0.25) is 0 Å². The minimum Gasteiger partial charge on any atom is -0.361 e. The SMILES string of the molecule is Cc1noc(C)c1CCC(=O)N(Cc1ccccc1F)c1cn[nH]c1. The van der Waals surface area contributed by atoms with Gasteiger partial charge in [0.25, 0.3) is 0 Å². The molecule has 0 atom stereocenters. The Kier molecular flexibility index (Phi) is 4.92. The number of carbonyl (C=O) groups is 1. The lowest BCUT2D eigenvalue weighted by atomic mass is 10.1. The van der Waals surface area contributed by atoms with Gasteiger partial charge in [0.15, 0.2) is 0 Å². The second-order valence-electron chi connectivity index (χ2n) is 5.83. The molecule has 2 aromatic heterocycles. The molecule has 0 spiro atoms. The Labute approximate surface area is 144 Å².